The SMILES string of the molecule is CCOc1cc(C(NC(=O)C(C)(C)C)NC(=O)C(C)(C)C)ccc1OC. The summed E-state index contributed by atoms with van der Waals surface area (Å²) in [5.74, 6) is 0.835. The summed E-state index contributed by atoms with van der Waals surface area (Å²) < 4.78 is 10.9. The number of ether oxygens (including phenoxy) is 2. The highest BCUT2D eigenvalue weighted by Gasteiger charge is 2.29. The molecule has 1 rings (SSSR count). The Labute approximate surface area is 156 Å². The first-order valence-corrected chi connectivity index (χ1v) is 8.82. The Bertz CT molecular complexity index is 614. The lowest BCUT2D eigenvalue weighted by molar-refractivity contribution is -0.132. The molecule has 0 unspecified atom stereocenters. The molecule has 0 saturated heterocycles. The average molecular weight is 364 g/mol. The van der Waals surface area contributed by atoms with Crippen LogP contribution in [0.1, 0.15) is 60.2 Å². The molecule has 6 nitrogen and oxygen atoms in total. The molecule has 0 heterocycles. The fourth-order valence-electron chi connectivity index (χ4n) is 2.04. The summed E-state index contributed by atoms with van der Waals surface area (Å²) in [6.07, 6.45) is -0.668. The maximum atomic E-state index is 12.5. The number of rotatable bonds is 6. The van der Waals surface area contributed by atoms with Gasteiger partial charge in [0.15, 0.2) is 11.5 Å². The van der Waals surface area contributed by atoms with Crippen LogP contribution in [-0.4, -0.2) is 25.5 Å². The molecule has 146 valence electrons. The molecule has 0 bridgehead atoms. The molecule has 0 atom stereocenters. The van der Waals surface area contributed by atoms with Gasteiger partial charge in [-0.25, -0.2) is 0 Å². The first kappa shape index (κ1) is 21.8. The number of carbonyl (C=O) groups is 2. The molecule has 1 aromatic carbocycles. The summed E-state index contributed by atoms with van der Waals surface area (Å²) in [5, 5.41) is 5.83. The van der Waals surface area contributed by atoms with Gasteiger partial charge in [-0.1, -0.05) is 47.6 Å². The van der Waals surface area contributed by atoms with Gasteiger partial charge in [0.2, 0.25) is 11.8 Å². The predicted octanol–water partition coefficient (Wildman–Crippen LogP) is 3.42. The number of nitrogens with one attached hydrogen (secondary N) is 2. The van der Waals surface area contributed by atoms with Crippen molar-refractivity contribution in [1.82, 2.24) is 10.6 Å². The van der Waals surface area contributed by atoms with Crippen molar-refractivity contribution in [1.29, 1.82) is 0 Å². The van der Waals surface area contributed by atoms with Crippen LogP contribution < -0.4 is 20.1 Å². The van der Waals surface area contributed by atoms with E-state index in [2.05, 4.69) is 10.6 Å². The van der Waals surface area contributed by atoms with Crippen LogP contribution >= 0.6 is 0 Å². The molecule has 0 fully saturated rings. The molecule has 0 aromatic heterocycles. The van der Waals surface area contributed by atoms with Gasteiger partial charge in [0.05, 0.1) is 13.7 Å². The van der Waals surface area contributed by atoms with E-state index in [9.17, 15) is 9.59 Å². The number of hydrogen-bond acceptors (Lipinski definition) is 4. The Balaban J connectivity index is 3.24. The van der Waals surface area contributed by atoms with E-state index in [1.165, 1.54) is 0 Å². The lowest BCUT2D eigenvalue weighted by Crippen LogP contribution is -2.47. The average Bonchev–Trinajstić information content (AvgIpc) is 2.52. The standard InChI is InChI=1S/C20H32N2O4/c1-9-26-15-12-13(10-11-14(15)25-8)16(21-17(23)19(2,3)4)22-18(24)20(5,6)7/h10-12,16H,9H2,1-8H3,(H,21,23)(H,22,24). The highest BCUT2D eigenvalue weighted by molar-refractivity contribution is 5.84. The molecule has 0 spiro atoms. The van der Waals surface area contributed by atoms with Gasteiger partial charge >= 0.3 is 0 Å². The summed E-state index contributed by atoms with van der Waals surface area (Å²) in [6.45, 7) is 13.3. The normalized spacial score (nSPS) is 11.9. The van der Waals surface area contributed by atoms with E-state index in [-0.39, 0.29) is 11.8 Å². The predicted molar refractivity (Wildman–Crippen MR) is 102 cm³/mol. The monoisotopic (exact) mass is 364 g/mol. The molecule has 0 aliphatic heterocycles. The minimum absolute atomic E-state index is 0.162. The second-order valence-corrected chi connectivity index (χ2v) is 8.22. The largest absolute Gasteiger partial charge is 0.493 e. The van der Waals surface area contributed by atoms with E-state index in [1.54, 1.807) is 25.3 Å². The first-order valence-electron chi connectivity index (χ1n) is 8.82. The van der Waals surface area contributed by atoms with Crippen molar-refractivity contribution >= 4 is 11.8 Å². The third-order valence-electron chi connectivity index (χ3n) is 3.73. The van der Waals surface area contributed by atoms with Crippen molar-refractivity contribution in [2.45, 2.75) is 54.6 Å². The number of amides is 2. The number of methoxy groups -OCH3 is 1. The van der Waals surface area contributed by atoms with Crippen LogP contribution in [0.2, 0.25) is 0 Å². The van der Waals surface area contributed by atoms with E-state index in [4.69, 9.17) is 9.47 Å². The van der Waals surface area contributed by atoms with Gasteiger partial charge < -0.3 is 20.1 Å². The minimum atomic E-state index is -0.668. The molecular formula is C20H32N2O4. The topological polar surface area (TPSA) is 76.7 Å². The van der Waals surface area contributed by atoms with Gasteiger partial charge in [0.1, 0.15) is 6.17 Å². The third kappa shape index (κ3) is 5.93. The maximum absolute atomic E-state index is 12.5. The van der Waals surface area contributed by atoms with Crippen LogP contribution in [0.5, 0.6) is 11.5 Å². The molecule has 26 heavy (non-hydrogen) atoms. The summed E-state index contributed by atoms with van der Waals surface area (Å²) in [7, 11) is 1.57. The molecule has 0 aliphatic rings. The summed E-state index contributed by atoms with van der Waals surface area (Å²) in [4.78, 5) is 25.0. The van der Waals surface area contributed by atoms with E-state index in [0.717, 1.165) is 0 Å². The van der Waals surface area contributed by atoms with E-state index in [0.29, 0.717) is 23.7 Å². The van der Waals surface area contributed by atoms with Gasteiger partial charge in [-0.15, -0.1) is 0 Å². The summed E-state index contributed by atoms with van der Waals surface area (Å²) in [6, 6.07) is 5.34. The van der Waals surface area contributed by atoms with E-state index < -0.39 is 17.0 Å². The Kier molecular flexibility index (Phi) is 7.07. The highest BCUT2D eigenvalue weighted by Crippen LogP contribution is 2.30. The van der Waals surface area contributed by atoms with Gasteiger partial charge in [0.25, 0.3) is 0 Å². The van der Waals surface area contributed by atoms with Crippen LogP contribution in [0, 0.1) is 10.8 Å². The zero-order chi connectivity index (χ0) is 20.1. The number of benzene rings is 1. The fraction of sp³-hybridized carbons (Fsp3) is 0.600. The van der Waals surface area contributed by atoms with Crippen molar-refractivity contribution in [2.75, 3.05) is 13.7 Å². The molecule has 6 heteroatoms. The van der Waals surface area contributed by atoms with Gasteiger partial charge in [-0.3, -0.25) is 9.59 Å². The Morgan fingerprint density at radius 1 is 0.962 bits per heavy atom. The van der Waals surface area contributed by atoms with Crippen LogP contribution in [0.4, 0.5) is 0 Å². The van der Waals surface area contributed by atoms with Crippen molar-refractivity contribution < 1.29 is 19.1 Å². The second kappa shape index (κ2) is 8.43. The van der Waals surface area contributed by atoms with Crippen LogP contribution in [0.3, 0.4) is 0 Å². The van der Waals surface area contributed by atoms with E-state index >= 15 is 0 Å². The van der Waals surface area contributed by atoms with Gasteiger partial charge in [0, 0.05) is 10.8 Å². The van der Waals surface area contributed by atoms with Crippen molar-refractivity contribution in [3.8, 4) is 11.5 Å². The molecule has 1 aromatic rings. The van der Waals surface area contributed by atoms with E-state index in [1.807, 2.05) is 48.5 Å². The lowest BCUT2D eigenvalue weighted by Gasteiger charge is -2.28. The summed E-state index contributed by atoms with van der Waals surface area (Å²) >= 11 is 0. The Morgan fingerprint density at radius 2 is 1.46 bits per heavy atom. The lowest BCUT2D eigenvalue weighted by atomic mass is 9.94. The van der Waals surface area contributed by atoms with Crippen molar-refractivity contribution in [3.05, 3.63) is 23.8 Å². The molecular weight excluding hydrogens is 332 g/mol. The van der Waals surface area contributed by atoms with Crippen LogP contribution in [0.15, 0.2) is 18.2 Å². The van der Waals surface area contributed by atoms with Gasteiger partial charge in [-0.2, -0.15) is 0 Å². The van der Waals surface area contributed by atoms with Crippen LogP contribution in [-0.2, 0) is 9.59 Å². The number of hydrogen-bond donors (Lipinski definition) is 2. The maximum Gasteiger partial charge on any atom is 0.227 e. The molecule has 2 N–H and O–H groups in total. The molecule has 0 radical (unpaired) electrons. The van der Waals surface area contributed by atoms with Crippen molar-refractivity contribution in [3.63, 3.8) is 0 Å². The summed E-state index contributed by atoms with van der Waals surface area (Å²) in [5.41, 5.74) is -0.454. The highest BCUT2D eigenvalue weighted by atomic mass is 16.5. The molecule has 2 amide bonds. The van der Waals surface area contributed by atoms with Crippen molar-refractivity contribution in [2.24, 2.45) is 10.8 Å². The Hall–Kier alpha value is -2.24. The smallest absolute Gasteiger partial charge is 0.227 e. The third-order valence-corrected chi connectivity index (χ3v) is 3.73. The Morgan fingerprint density at radius 3 is 1.85 bits per heavy atom. The fourth-order valence-corrected chi connectivity index (χ4v) is 2.04. The zero-order valence-corrected chi connectivity index (χ0v) is 17.1. The number of carbonyl (C=O) groups excluding carboxylic acids is 2. The quantitative estimate of drug-likeness (QED) is 0.758. The zero-order valence-electron chi connectivity index (χ0n) is 17.1. The molecule has 0 saturated carbocycles. The second-order valence-electron chi connectivity index (χ2n) is 8.22. The minimum Gasteiger partial charge on any atom is -0.493 e. The van der Waals surface area contributed by atoms with Gasteiger partial charge in [-0.05, 0) is 24.6 Å². The van der Waals surface area contributed by atoms with Crippen LogP contribution in [0.25, 0.3) is 0 Å². The molecule has 0 aliphatic carbocycles. The first-order chi connectivity index (χ1) is 11.9.